The Kier molecular flexibility index (Phi) is 4.56. The Morgan fingerprint density at radius 3 is 2.45 bits per heavy atom. The van der Waals surface area contributed by atoms with Crippen LogP contribution in [0.1, 0.15) is 0 Å². The molecule has 0 unspecified atom stereocenters. The van der Waals surface area contributed by atoms with Crippen LogP contribution in [0.4, 0.5) is 5.69 Å². The molecular weight excluding hydrogens is 274 g/mol. The third-order valence-corrected chi connectivity index (χ3v) is 3.50. The molecule has 112 valence electrons. The molecule has 0 spiro atoms. The van der Waals surface area contributed by atoms with Crippen molar-refractivity contribution in [3.63, 3.8) is 0 Å². The van der Waals surface area contributed by atoms with Crippen molar-refractivity contribution in [2.75, 3.05) is 18.5 Å². The fraction of sp³-hybridized carbons (Fsp3) is 0.158. The van der Waals surface area contributed by atoms with E-state index in [1.54, 1.807) is 0 Å². The van der Waals surface area contributed by atoms with E-state index in [-0.39, 0.29) is 6.61 Å². The molecule has 0 saturated carbocycles. The van der Waals surface area contributed by atoms with Crippen LogP contribution in [-0.2, 0) is 0 Å². The minimum absolute atomic E-state index is 0.258. The first-order valence-electron chi connectivity index (χ1n) is 7.40. The molecule has 0 aliphatic carbocycles. The summed E-state index contributed by atoms with van der Waals surface area (Å²) in [5.41, 5.74) is 0.992. The van der Waals surface area contributed by atoms with E-state index in [0.717, 1.165) is 22.2 Å². The van der Waals surface area contributed by atoms with E-state index in [2.05, 4.69) is 17.4 Å². The average Bonchev–Trinajstić information content (AvgIpc) is 2.59. The highest BCUT2D eigenvalue weighted by atomic mass is 16.5. The standard InChI is InChI=1S/C19H19NO2/c21-17(13-20-16-9-2-1-3-10-16)14-22-19-12-6-8-15-7-4-5-11-18(15)19/h1-12,17,20-21H,13-14H2/t17-/m0/s1. The second-order valence-electron chi connectivity index (χ2n) is 5.19. The van der Waals surface area contributed by atoms with Crippen LogP contribution < -0.4 is 10.1 Å². The Morgan fingerprint density at radius 1 is 0.864 bits per heavy atom. The number of para-hydroxylation sites is 1. The van der Waals surface area contributed by atoms with Gasteiger partial charge in [-0.05, 0) is 23.6 Å². The normalized spacial score (nSPS) is 12.0. The lowest BCUT2D eigenvalue weighted by molar-refractivity contribution is 0.118. The summed E-state index contributed by atoms with van der Waals surface area (Å²) in [7, 11) is 0. The van der Waals surface area contributed by atoms with Gasteiger partial charge < -0.3 is 15.2 Å². The smallest absolute Gasteiger partial charge is 0.127 e. The van der Waals surface area contributed by atoms with E-state index >= 15 is 0 Å². The molecule has 22 heavy (non-hydrogen) atoms. The van der Waals surface area contributed by atoms with Crippen LogP contribution in [-0.4, -0.2) is 24.4 Å². The molecule has 3 heteroatoms. The predicted molar refractivity (Wildman–Crippen MR) is 90.4 cm³/mol. The fourth-order valence-corrected chi connectivity index (χ4v) is 2.36. The number of hydrogen-bond donors (Lipinski definition) is 2. The van der Waals surface area contributed by atoms with Gasteiger partial charge in [-0.2, -0.15) is 0 Å². The zero-order valence-corrected chi connectivity index (χ0v) is 12.3. The molecule has 2 N–H and O–H groups in total. The van der Waals surface area contributed by atoms with Crippen molar-refractivity contribution in [3.05, 3.63) is 72.8 Å². The third kappa shape index (κ3) is 3.57. The number of rotatable bonds is 6. The van der Waals surface area contributed by atoms with Crippen molar-refractivity contribution in [1.82, 2.24) is 0 Å². The van der Waals surface area contributed by atoms with E-state index in [4.69, 9.17) is 4.74 Å². The second kappa shape index (κ2) is 6.96. The molecule has 0 amide bonds. The molecule has 0 saturated heterocycles. The zero-order valence-electron chi connectivity index (χ0n) is 12.3. The summed E-state index contributed by atoms with van der Waals surface area (Å²) >= 11 is 0. The summed E-state index contributed by atoms with van der Waals surface area (Å²) < 4.78 is 5.78. The van der Waals surface area contributed by atoms with Crippen LogP contribution in [0, 0.1) is 0 Å². The third-order valence-electron chi connectivity index (χ3n) is 3.50. The summed E-state index contributed by atoms with van der Waals surface area (Å²) in [6, 6.07) is 23.8. The molecule has 0 fully saturated rings. The van der Waals surface area contributed by atoms with Gasteiger partial charge in [0.05, 0.1) is 0 Å². The van der Waals surface area contributed by atoms with Gasteiger partial charge >= 0.3 is 0 Å². The fourth-order valence-electron chi connectivity index (χ4n) is 2.36. The first-order chi connectivity index (χ1) is 10.8. The van der Waals surface area contributed by atoms with Gasteiger partial charge in [0, 0.05) is 17.6 Å². The Balaban J connectivity index is 1.57. The molecule has 3 aromatic carbocycles. The van der Waals surface area contributed by atoms with Gasteiger partial charge in [-0.15, -0.1) is 0 Å². The number of aliphatic hydroxyl groups excluding tert-OH is 1. The minimum Gasteiger partial charge on any atom is -0.490 e. The SMILES string of the molecule is O[C@@H](CNc1ccccc1)COc1cccc2ccccc12. The molecule has 0 aromatic heterocycles. The summed E-state index contributed by atoms with van der Waals surface area (Å²) in [6.45, 7) is 0.711. The van der Waals surface area contributed by atoms with Crippen LogP contribution in [0.3, 0.4) is 0 Å². The van der Waals surface area contributed by atoms with E-state index < -0.39 is 6.10 Å². The molecule has 0 heterocycles. The van der Waals surface area contributed by atoms with Gasteiger partial charge in [-0.25, -0.2) is 0 Å². The maximum absolute atomic E-state index is 10.1. The number of ether oxygens (including phenoxy) is 1. The zero-order chi connectivity index (χ0) is 15.2. The lowest BCUT2D eigenvalue weighted by atomic mass is 10.1. The number of hydrogen-bond acceptors (Lipinski definition) is 3. The number of fused-ring (bicyclic) bond motifs is 1. The number of benzene rings is 3. The number of nitrogens with one attached hydrogen (secondary N) is 1. The van der Waals surface area contributed by atoms with Crippen LogP contribution in [0.5, 0.6) is 5.75 Å². The molecule has 0 radical (unpaired) electrons. The number of anilines is 1. The van der Waals surface area contributed by atoms with E-state index in [0.29, 0.717) is 6.54 Å². The second-order valence-corrected chi connectivity index (χ2v) is 5.19. The van der Waals surface area contributed by atoms with E-state index in [9.17, 15) is 5.11 Å². The molecular formula is C19H19NO2. The van der Waals surface area contributed by atoms with Gasteiger partial charge in [0.1, 0.15) is 18.5 Å². The topological polar surface area (TPSA) is 41.5 Å². The molecule has 0 bridgehead atoms. The highest BCUT2D eigenvalue weighted by molar-refractivity contribution is 5.88. The minimum atomic E-state index is -0.570. The summed E-state index contributed by atoms with van der Waals surface area (Å²) in [4.78, 5) is 0. The lowest BCUT2D eigenvalue weighted by Crippen LogP contribution is -2.26. The maximum Gasteiger partial charge on any atom is 0.127 e. The molecule has 3 nitrogen and oxygen atoms in total. The van der Waals surface area contributed by atoms with Gasteiger partial charge in [-0.3, -0.25) is 0 Å². The quantitative estimate of drug-likeness (QED) is 0.728. The van der Waals surface area contributed by atoms with Gasteiger partial charge in [0.2, 0.25) is 0 Å². The van der Waals surface area contributed by atoms with Crippen LogP contribution in [0.25, 0.3) is 10.8 Å². The van der Waals surface area contributed by atoms with Crippen molar-refractivity contribution in [2.45, 2.75) is 6.10 Å². The first-order valence-corrected chi connectivity index (χ1v) is 7.40. The summed E-state index contributed by atoms with van der Waals surface area (Å²) in [5.74, 6) is 0.803. The van der Waals surface area contributed by atoms with Crippen molar-refractivity contribution < 1.29 is 9.84 Å². The van der Waals surface area contributed by atoms with Crippen LogP contribution in [0.15, 0.2) is 72.8 Å². The molecule has 0 aliphatic heterocycles. The Bertz CT molecular complexity index is 722. The van der Waals surface area contributed by atoms with Crippen molar-refractivity contribution in [1.29, 1.82) is 0 Å². The highest BCUT2D eigenvalue weighted by Gasteiger charge is 2.07. The Labute approximate surface area is 130 Å². The van der Waals surface area contributed by atoms with Crippen LogP contribution in [0.2, 0.25) is 0 Å². The van der Waals surface area contributed by atoms with Crippen LogP contribution >= 0.6 is 0 Å². The largest absolute Gasteiger partial charge is 0.490 e. The Hall–Kier alpha value is -2.52. The monoisotopic (exact) mass is 293 g/mol. The summed E-state index contributed by atoms with van der Waals surface area (Å²) in [5, 5.41) is 15.4. The van der Waals surface area contributed by atoms with Gasteiger partial charge in [-0.1, -0.05) is 54.6 Å². The molecule has 1 atom stereocenters. The first kappa shape index (κ1) is 14.4. The molecule has 3 rings (SSSR count). The number of aliphatic hydroxyl groups is 1. The van der Waals surface area contributed by atoms with Crippen molar-refractivity contribution in [2.24, 2.45) is 0 Å². The van der Waals surface area contributed by atoms with Crippen molar-refractivity contribution >= 4 is 16.5 Å². The molecule has 3 aromatic rings. The predicted octanol–water partition coefficient (Wildman–Crippen LogP) is 3.69. The lowest BCUT2D eigenvalue weighted by Gasteiger charge is -2.15. The molecule has 0 aliphatic rings. The average molecular weight is 293 g/mol. The van der Waals surface area contributed by atoms with E-state index in [1.165, 1.54) is 0 Å². The summed E-state index contributed by atoms with van der Waals surface area (Å²) in [6.07, 6.45) is -0.570. The maximum atomic E-state index is 10.1. The van der Waals surface area contributed by atoms with Gasteiger partial charge in [0.25, 0.3) is 0 Å². The van der Waals surface area contributed by atoms with Gasteiger partial charge in [0.15, 0.2) is 0 Å². The highest BCUT2D eigenvalue weighted by Crippen LogP contribution is 2.25. The van der Waals surface area contributed by atoms with Crippen molar-refractivity contribution in [3.8, 4) is 5.75 Å². The Morgan fingerprint density at radius 2 is 1.59 bits per heavy atom. The van der Waals surface area contributed by atoms with E-state index in [1.807, 2.05) is 60.7 Å².